The molecule has 0 bridgehead atoms. The van der Waals surface area contributed by atoms with Crippen molar-refractivity contribution in [2.24, 2.45) is 0 Å². The summed E-state index contributed by atoms with van der Waals surface area (Å²) in [6.07, 6.45) is 8.28. The zero-order valence-corrected chi connectivity index (χ0v) is 15.0. The van der Waals surface area contributed by atoms with Gasteiger partial charge in [0.1, 0.15) is 17.2 Å². The first-order valence-corrected chi connectivity index (χ1v) is 8.41. The second-order valence-corrected chi connectivity index (χ2v) is 6.18. The zero-order valence-electron chi connectivity index (χ0n) is 14.2. The van der Waals surface area contributed by atoms with Crippen LogP contribution in [0, 0.1) is 0 Å². The predicted molar refractivity (Wildman–Crippen MR) is 99.1 cm³/mol. The fourth-order valence-corrected chi connectivity index (χ4v) is 2.85. The Morgan fingerprint density at radius 2 is 2.16 bits per heavy atom. The Bertz CT molecular complexity index is 831. The van der Waals surface area contributed by atoms with Crippen LogP contribution in [-0.2, 0) is 4.74 Å². The van der Waals surface area contributed by atoms with Gasteiger partial charge in [-0.2, -0.15) is 0 Å². The molecule has 0 saturated carbocycles. The van der Waals surface area contributed by atoms with Gasteiger partial charge >= 0.3 is 0 Å². The number of aromatic nitrogens is 4. The number of ether oxygens (including phenoxy) is 1. The summed E-state index contributed by atoms with van der Waals surface area (Å²) in [5, 5.41) is 7.41. The summed E-state index contributed by atoms with van der Waals surface area (Å²) in [5.41, 5.74) is 2.47. The van der Waals surface area contributed by atoms with Gasteiger partial charge in [-0.25, -0.2) is 9.97 Å². The lowest BCUT2D eigenvalue weighted by Crippen LogP contribution is -2.22. The quantitative estimate of drug-likeness (QED) is 0.747. The monoisotopic (exact) mass is 360 g/mol. The van der Waals surface area contributed by atoms with Crippen molar-refractivity contribution in [3.8, 4) is 11.4 Å². The fraction of sp³-hybridized carbons (Fsp3) is 0.353. The van der Waals surface area contributed by atoms with Gasteiger partial charge < -0.3 is 15.4 Å². The van der Waals surface area contributed by atoms with E-state index in [-0.39, 0.29) is 0 Å². The Hall–Kier alpha value is -2.22. The summed E-state index contributed by atoms with van der Waals surface area (Å²) < 4.78 is 6.21. The Labute approximate surface area is 151 Å². The second-order valence-electron chi connectivity index (χ2n) is 5.75. The fourth-order valence-electron chi connectivity index (χ4n) is 2.69. The number of fused-ring (bicyclic) bond motifs is 1. The van der Waals surface area contributed by atoms with Crippen LogP contribution in [0.4, 0.5) is 5.82 Å². The summed E-state index contributed by atoms with van der Waals surface area (Å²) in [6.45, 7) is 2.00. The van der Waals surface area contributed by atoms with Crippen LogP contribution in [0.2, 0.25) is 5.02 Å². The average molecular weight is 361 g/mol. The Balaban J connectivity index is 0.000000569. The maximum absolute atomic E-state index is 6.00. The molecule has 1 aliphatic rings. The Morgan fingerprint density at radius 1 is 1.32 bits per heavy atom. The molecule has 1 saturated heterocycles. The Morgan fingerprint density at radius 3 is 2.92 bits per heavy atom. The normalized spacial score (nSPS) is 16.5. The van der Waals surface area contributed by atoms with Crippen LogP contribution in [0.25, 0.3) is 17.0 Å². The molecule has 1 fully saturated rings. The molecule has 0 amide bonds. The van der Waals surface area contributed by atoms with E-state index < -0.39 is 0 Å². The van der Waals surface area contributed by atoms with Crippen molar-refractivity contribution >= 4 is 23.1 Å². The van der Waals surface area contributed by atoms with Crippen molar-refractivity contribution in [2.45, 2.75) is 12.5 Å². The van der Waals surface area contributed by atoms with Crippen LogP contribution in [0.15, 0.2) is 36.9 Å². The van der Waals surface area contributed by atoms with Crippen LogP contribution in [0.1, 0.15) is 6.42 Å². The predicted octanol–water partition coefficient (Wildman–Crippen LogP) is 2.48. The van der Waals surface area contributed by atoms with Gasteiger partial charge in [0.15, 0.2) is 0 Å². The number of rotatable bonds is 3. The van der Waals surface area contributed by atoms with E-state index in [2.05, 4.69) is 30.3 Å². The lowest BCUT2D eigenvalue weighted by Gasteiger charge is -2.12. The van der Waals surface area contributed by atoms with Gasteiger partial charge in [-0.15, -0.1) is 0 Å². The van der Waals surface area contributed by atoms with Crippen molar-refractivity contribution in [1.29, 1.82) is 0 Å². The molecule has 3 aromatic rings. The van der Waals surface area contributed by atoms with Crippen molar-refractivity contribution in [3.05, 3.63) is 41.9 Å². The molecule has 2 N–H and O–H groups in total. The van der Waals surface area contributed by atoms with E-state index in [1.807, 2.05) is 22.7 Å². The highest BCUT2D eigenvalue weighted by Gasteiger charge is 2.15. The molecule has 132 valence electrons. The minimum atomic E-state index is 0.408. The number of hydrogen-bond donors (Lipinski definition) is 2. The molecule has 8 heteroatoms. The summed E-state index contributed by atoms with van der Waals surface area (Å²) in [4.78, 5) is 13.3. The second kappa shape index (κ2) is 8.24. The number of halogens is 1. The molecule has 0 radical (unpaired) electrons. The first-order valence-electron chi connectivity index (χ1n) is 8.03. The summed E-state index contributed by atoms with van der Waals surface area (Å²) in [5.74, 6) is 0.787. The van der Waals surface area contributed by atoms with E-state index in [1.165, 1.54) is 0 Å². The number of nitrogens with one attached hydrogen (secondary N) is 2. The number of pyridine rings is 1. The highest BCUT2D eigenvalue weighted by atomic mass is 35.5. The zero-order chi connectivity index (χ0) is 17.6. The van der Waals surface area contributed by atoms with Crippen molar-refractivity contribution in [1.82, 2.24) is 24.7 Å². The highest BCUT2D eigenvalue weighted by Crippen LogP contribution is 2.21. The van der Waals surface area contributed by atoms with Crippen molar-refractivity contribution in [3.63, 3.8) is 0 Å². The molecular weight excluding hydrogens is 340 g/mol. The SMILES string of the molecule is COC.Clc1ccn2c(-c3cncc(NC4CCNC4)n3)cnc2c1. The molecule has 0 aliphatic carbocycles. The van der Waals surface area contributed by atoms with E-state index in [4.69, 9.17) is 11.6 Å². The van der Waals surface area contributed by atoms with Gasteiger partial charge in [0.25, 0.3) is 0 Å². The Kier molecular flexibility index (Phi) is 5.80. The number of nitrogens with zero attached hydrogens (tertiary/aromatic N) is 4. The van der Waals surface area contributed by atoms with Crippen molar-refractivity contribution in [2.75, 3.05) is 32.6 Å². The van der Waals surface area contributed by atoms with Gasteiger partial charge in [0.05, 0.1) is 24.3 Å². The first-order chi connectivity index (χ1) is 12.2. The third-order valence-electron chi connectivity index (χ3n) is 3.78. The van der Waals surface area contributed by atoms with Crippen LogP contribution in [0.3, 0.4) is 0 Å². The minimum absolute atomic E-state index is 0.408. The van der Waals surface area contributed by atoms with Crippen LogP contribution >= 0.6 is 11.6 Å². The molecule has 3 aromatic heterocycles. The number of imidazole rings is 1. The average Bonchev–Trinajstić information content (AvgIpc) is 3.25. The van der Waals surface area contributed by atoms with Gasteiger partial charge in [-0.1, -0.05) is 11.6 Å². The molecule has 4 heterocycles. The van der Waals surface area contributed by atoms with Gasteiger partial charge in [-0.3, -0.25) is 9.38 Å². The molecule has 1 unspecified atom stereocenters. The molecule has 25 heavy (non-hydrogen) atoms. The first kappa shape index (κ1) is 17.6. The largest absolute Gasteiger partial charge is 0.388 e. The van der Waals surface area contributed by atoms with Crippen molar-refractivity contribution < 1.29 is 4.74 Å². The summed E-state index contributed by atoms with van der Waals surface area (Å²) in [7, 11) is 3.25. The lowest BCUT2D eigenvalue weighted by atomic mass is 10.2. The topological polar surface area (TPSA) is 76.4 Å². The molecule has 0 aromatic carbocycles. The summed E-state index contributed by atoms with van der Waals surface area (Å²) >= 11 is 6.00. The smallest absolute Gasteiger partial charge is 0.145 e. The molecule has 0 spiro atoms. The highest BCUT2D eigenvalue weighted by molar-refractivity contribution is 6.30. The maximum Gasteiger partial charge on any atom is 0.145 e. The van der Waals surface area contributed by atoms with Crippen LogP contribution in [0.5, 0.6) is 0 Å². The molecule has 4 rings (SSSR count). The third kappa shape index (κ3) is 4.25. The van der Waals surface area contributed by atoms with E-state index in [0.717, 1.165) is 42.4 Å². The minimum Gasteiger partial charge on any atom is -0.388 e. The van der Waals surface area contributed by atoms with Gasteiger partial charge in [0, 0.05) is 44.1 Å². The van der Waals surface area contributed by atoms with E-state index in [1.54, 1.807) is 32.8 Å². The molecular formula is C17H21ClN6O. The summed E-state index contributed by atoms with van der Waals surface area (Å²) in [6, 6.07) is 4.06. The third-order valence-corrected chi connectivity index (χ3v) is 4.02. The van der Waals surface area contributed by atoms with Crippen LogP contribution in [-0.4, -0.2) is 52.7 Å². The molecule has 1 aliphatic heterocycles. The number of methoxy groups -OCH3 is 1. The lowest BCUT2D eigenvalue weighted by molar-refractivity contribution is 0.277. The van der Waals surface area contributed by atoms with E-state index >= 15 is 0 Å². The molecule has 1 atom stereocenters. The van der Waals surface area contributed by atoms with Gasteiger partial charge in [-0.05, 0) is 19.0 Å². The van der Waals surface area contributed by atoms with Gasteiger partial charge in [0.2, 0.25) is 0 Å². The van der Waals surface area contributed by atoms with Crippen LogP contribution < -0.4 is 10.6 Å². The number of hydrogen-bond acceptors (Lipinski definition) is 6. The number of anilines is 1. The van der Waals surface area contributed by atoms with E-state index in [9.17, 15) is 0 Å². The van der Waals surface area contributed by atoms with E-state index in [0.29, 0.717) is 11.1 Å². The maximum atomic E-state index is 6.00. The molecule has 7 nitrogen and oxygen atoms in total. The standard InChI is InChI=1S/C15H15ClN6.C2H6O/c16-10-2-4-22-13(8-19-15(22)5-10)12-7-18-9-14(21-12)20-11-1-3-17-6-11;1-3-2/h2,4-5,7-9,11,17H,1,3,6H2,(H,20,21);1-2H3.